The molecular weight excluding hydrogens is 677 g/mol. The van der Waals surface area contributed by atoms with E-state index in [0.29, 0.717) is 49.7 Å². The highest BCUT2D eigenvalue weighted by atomic mass is 16.2. The SMILES string of the molecule is C[C@H]1CN(C[C@@H](CC(=O)C[C@H](C(=O)N2C[C@]3(C[C@H]2C(=O)CC(CC2CCC2)C(=O)C(N)=O)C(C)(C)C32CCC2)C(C)(C)C)C2CCCCC2)C[C@H](C)N1C. The zero-order valence-corrected chi connectivity index (χ0v) is 35.2. The highest BCUT2D eigenvalue weighted by Gasteiger charge is 2.85. The van der Waals surface area contributed by atoms with Gasteiger partial charge in [-0.05, 0) is 80.6 Å². The number of ketones is 3. The van der Waals surface area contributed by atoms with Crippen LogP contribution in [0.4, 0.5) is 0 Å². The second-order valence-corrected chi connectivity index (χ2v) is 21.1. The molecule has 7 atom stereocenters. The first-order chi connectivity index (χ1) is 25.3. The number of primary amides is 1. The zero-order chi connectivity index (χ0) is 39.4. The van der Waals surface area contributed by atoms with E-state index in [1.165, 1.54) is 38.5 Å². The van der Waals surface area contributed by atoms with Crippen molar-refractivity contribution in [3.63, 3.8) is 0 Å². The van der Waals surface area contributed by atoms with Gasteiger partial charge >= 0.3 is 0 Å². The Balaban J connectivity index is 1.22. The molecule has 304 valence electrons. The summed E-state index contributed by atoms with van der Waals surface area (Å²) in [6.07, 6.45) is 14.3. The van der Waals surface area contributed by atoms with E-state index >= 15 is 4.79 Å². The average Bonchev–Trinajstić information content (AvgIpc) is 3.28. The number of fused-ring (bicyclic) bond motifs is 1. The summed E-state index contributed by atoms with van der Waals surface area (Å²) in [7, 11) is 2.21. The molecule has 2 saturated heterocycles. The third-order valence-corrected chi connectivity index (χ3v) is 16.9. The summed E-state index contributed by atoms with van der Waals surface area (Å²) in [5.74, 6) is -1.82. The molecule has 4 aliphatic carbocycles. The third kappa shape index (κ3) is 7.64. The van der Waals surface area contributed by atoms with Crippen LogP contribution in [0.25, 0.3) is 0 Å². The van der Waals surface area contributed by atoms with Gasteiger partial charge in [0.05, 0.1) is 6.04 Å². The number of nitrogens with zero attached hydrogens (tertiary/aromatic N) is 3. The Morgan fingerprint density at radius 1 is 0.815 bits per heavy atom. The summed E-state index contributed by atoms with van der Waals surface area (Å²) in [4.78, 5) is 76.1. The number of hydrogen-bond donors (Lipinski definition) is 1. The molecule has 0 radical (unpaired) electrons. The third-order valence-electron chi connectivity index (χ3n) is 16.9. The van der Waals surface area contributed by atoms with E-state index in [-0.39, 0.29) is 52.5 Å². The molecule has 6 fully saturated rings. The highest BCUT2D eigenvalue weighted by molar-refractivity contribution is 6.36. The lowest BCUT2D eigenvalue weighted by atomic mass is 9.73. The van der Waals surface area contributed by atoms with Gasteiger partial charge < -0.3 is 10.6 Å². The van der Waals surface area contributed by atoms with Crippen LogP contribution in [0.5, 0.6) is 0 Å². The minimum atomic E-state index is -0.978. The first-order valence-electron chi connectivity index (χ1n) is 21.9. The van der Waals surface area contributed by atoms with E-state index in [1.807, 2.05) is 4.90 Å². The molecule has 0 aromatic rings. The number of hydrogen-bond acceptors (Lipinski definition) is 7. The monoisotopic (exact) mass is 751 g/mol. The number of rotatable bonds is 15. The number of amides is 2. The van der Waals surface area contributed by atoms with Gasteiger partial charge in [0, 0.05) is 74.8 Å². The van der Waals surface area contributed by atoms with Crippen molar-refractivity contribution in [2.45, 2.75) is 169 Å². The minimum Gasteiger partial charge on any atom is -0.363 e. The summed E-state index contributed by atoms with van der Waals surface area (Å²) in [5.41, 5.74) is 5.00. The van der Waals surface area contributed by atoms with Gasteiger partial charge in [0.1, 0.15) is 5.78 Å². The van der Waals surface area contributed by atoms with Gasteiger partial charge in [0.2, 0.25) is 11.7 Å². The van der Waals surface area contributed by atoms with Crippen LogP contribution in [0.2, 0.25) is 0 Å². The fourth-order valence-electron chi connectivity index (χ4n) is 12.7. The molecule has 1 unspecified atom stereocenters. The molecule has 0 aromatic heterocycles. The van der Waals surface area contributed by atoms with Crippen molar-refractivity contribution in [3.05, 3.63) is 0 Å². The number of nitrogens with two attached hydrogens (primary N) is 1. The molecule has 0 bridgehead atoms. The number of Topliss-reactive ketones (excluding diaryl/α,β-unsaturated/α-hetero) is 3. The number of piperazine rings is 1. The van der Waals surface area contributed by atoms with E-state index in [0.717, 1.165) is 51.7 Å². The maximum atomic E-state index is 15.1. The fourth-order valence-corrected chi connectivity index (χ4v) is 12.7. The molecule has 2 spiro atoms. The first kappa shape index (κ1) is 41.5. The molecule has 2 amide bonds. The van der Waals surface area contributed by atoms with Crippen LogP contribution in [0.1, 0.15) is 151 Å². The molecule has 6 aliphatic rings. The fraction of sp³-hybridized carbons (Fsp3) is 0.889. The van der Waals surface area contributed by atoms with Crippen LogP contribution in [-0.2, 0) is 24.0 Å². The maximum absolute atomic E-state index is 15.1. The van der Waals surface area contributed by atoms with Crippen molar-refractivity contribution in [2.24, 2.45) is 57.0 Å². The quantitative estimate of drug-likeness (QED) is 0.182. The van der Waals surface area contributed by atoms with Crippen LogP contribution in [0, 0.1) is 51.2 Å². The lowest BCUT2D eigenvalue weighted by Crippen LogP contribution is -2.56. The van der Waals surface area contributed by atoms with E-state index in [2.05, 4.69) is 65.3 Å². The average molecular weight is 751 g/mol. The molecule has 2 heterocycles. The Labute approximate surface area is 326 Å². The Morgan fingerprint density at radius 3 is 1.94 bits per heavy atom. The van der Waals surface area contributed by atoms with E-state index in [4.69, 9.17) is 5.73 Å². The number of carbonyl (C=O) groups excluding carboxylic acids is 5. The van der Waals surface area contributed by atoms with Crippen LogP contribution >= 0.6 is 0 Å². The number of carbonyl (C=O) groups is 5. The van der Waals surface area contributed by atoms with Gasteiger partial charge in [0.15, 0.2) is 5.78 Å². The first-order valence-corrected chi connectivity index (χ1v) is 21.9. The lowest BCUT2D eigenvalue weighted by Gasteiger charge is -2.44. The summed E-state index contributed by atoms with van der Waals surface area (Å²) >= 11 is 0. The van der Waals surface area contributed by atoms with Crippen LogP contribution in [-0.4, -0.2) is 95.2 Å². The summed E-state index contributed by atoms with van der Waals surface area (Å²) in [6.45, 7) is 18.9. The van der Waals surface area contributed by atoms with Crippen molar-refractivity contribution in [3.8, 4) is 0 Å². The van der Waals surface area contributed by atoms with Gasteiger partial charge in [-0.2, -0.15) is 0 Å². The molecule has 6 rings (SSSR count). The zero-order valence-electron chi connectivity index (χ0n) is 35.2. The maximum Gasteiger partial charge on any atom is 0.285 e. The second kappa shape index (κ2) is 15.7. The smallest absolute Gasteiger partial charge is 0.285 e. The number of likely N-dealkylation sites (tertiary alicyclic amines) is 1. The van der Waals surface area contributed by atoms with Gasteiger partial charge in [-0.25, -0.2) is 0 Å². The Morgan fingerprint density at radius 2 is 1.44 bits per heavy atom. The number of likely N-dealkylation sites (N-methyl/N-ethyl adjacent to an activating group) is 1. The van der Waals surface area contributed by atoms with E-state index < -0.39 is 35.0 Å². The second-order valence-electron chi connectivity index (χ2n) is 21.1. The van der Waals surface area contributed by atoms with Crippen molar-refractivity contribution < 1.29 is 24.0 Å². The van der Waals surface area contributed by atoms with Crippen molar-refractivity contribution in [1.82, 2.24) is 14.7 Å². The van der Waals surface area contributed by atoms with Crippen molar-refractivity contribution in [1.29, 1.82) is 0 Å². The van der Waals surface area contributed by atoms with E-state index in [9.17, 15) is 19.2 Å². The Hall–Kier alpha value is -2.13. The van der Waals surface area contributed by atoms with Crippen LogP contribution in [0.3, 0.4) is 0 Å². The standard InChI is InChI=1S/C45H74N4O5/c1-29-25-48(26-30(2)47(29)8)27-34(32-16-10-9-11-17-32)21-35(50)23-36(42(3,4)5)41(54)49-28-45(43(6,7)44(45)18-13-19-44)24-37(49)38(51)22-33(39(52)40(46)53)20-31-14-12-15-31/h29-34,36-37H,9-28H2,1-8H3,(H2,46,53)/t29-,30-,33?,34+,36+,37-,45+/m0/s1. The summed E-state index contributed by atoms with van der Waals surface area (Å²) in [5, 5.41) is 0. The highest BCUT2D eigenvalue weighted by Crippen LogP contribution is 2.88. The molecule has 54 heavy (non-hydrogen) atoms. The Kier molecular flexibility index (Phi) is 12.0. The molecular formula is C45H74N4O5. The molecule has 2 aliphatic heterocycles. The van der Waals surface area contributed by atoms with Gasteiger partial charge in [0.25, 0.3) is 5.91 Å². The molecule has 4 saturated carbocycles. The molecule has 0 aromatic carbocycles. The van der Waals surface area contributed by atoms with Gasteiger partial charge in [-0.15, -0.1) is 0 Å². The minimum absolute atomic E-state index is 0.00128. The normalized spacial score (nSPS) is 31.8. The Bertz CT molecular complexity index is 1430. The van der Waals surface area contributed by atoms with Crippen LogP contribution in [0.15, 0.2) is 0 Å². The van der Waals surface area contributed by atoms with Crippen LogP contribution < -0.4 is 5.73 Å². The molecule has 9 heteroatoms. The predicted molar refractivity (Wildman–Crippen MR) is 212 cm³/mol. The predicted octanol–water partition coefficient (Wildman–Crippen LogP) is 6.84. The van der Waals surface area contributed by atoms with Gasteiger partial charge in [-0.1, -0.05) is 92.4 Å². The topological polar surface area (TPSA) is 121 Å². The van der Waals surface area contributed by atoms with Crippen molar-refractivity contribution >= 4 is 29.2 Å². The summed E-state index contributed by atoms with van der Waals surface area (Å²) < 4.78 is 0. The lowest BCUT2D eigenvalue weighted by molar-refractivity contribution is -0.147. The summed E-state index contributed by atoms with van der Waals surface area (Å²) in [6, 6.07) is 0.283. The van der Waals surface area contributed by atoms with Gasteiger partial charge in [-0.3, -0.25) is 33.8 Å². The van der Waals surface area contributed by atoms with E-state index in [1.54, 1.807) is 0 Å². The molecule has 2 N–H and O–H groups in total. The largest absolute Gasteiger partial charge is 0.363 e. The van der Waals surface area contributed by atoms with Crippen molar-refractivity contribution in [2.75, 3.05) is 33.2 Å². The molecule has 9 nitrogen and oxygen atoms in total.